The van der Waals surface area contributed by atoms with Gasteiger partial charge < -0.3 is 10.6 Å². The average Bonchev–Trinajstić information content (AvgIpc) is 3.25. The van der Waals surface area contributed by atoms with Crippen molar-refractivity contribution in [1.29, 1.82) is 0 Å². The van der Waals surface area contributed by atoms with Crippen LogP contribution in [-0.2, 0) is 4.79 Å². The Kier molecular flexibility index (Phi) is 5.33. The number of nitrogens with zero attached hydrogens (tertiary/aromatic N) is 1. The first-order valence-corrected chi connectivity index (χ1v) is 9.72. The van der Waals surface area contributed by atoms with Crippen LogP contribution in [0.15, 0.2) is 60.8 Å². The van der Waals surface area contributed by atoms with E-state index in [4.69, 9.17) is 0 Å². The van der Waals surface area contributed by atoms with E-state index in [-0.39, 0.29) is 24.4 Å². The van der Waals surface area contributed by atoms with Gasteiger partial charge in [-0.15, -0.1) is 0 Å². The standard InChI is InChI=1S/C23H23N3O2/c27-22(26-20-6-2-3-7-20)15-25-23(28)17-11-9-16(10-12-17)19-13-18-5-1-4-8-21(18)24-14-19/h1,4-5,8-14,20H,2-3,6-7,15H2,(H,25,28)(H,26,27). The lowest BCUT2D eigenvalue weighted by Crippen LogP contribution is -2.40. The predicted molar refractivity (Wildman–Crippen MR) is 110 cm³/mol. The number of benzene rings is 2. The van der Waals surface area contributed by atoms with Crippen LogP contribution in [0.1, 0.15) is 36.0 Å². The fourth-order valence-electron chi connectivity index (χ4n) is 3.65. The summed E-state index contributed by atoms with van der Waals surface area (Å²) in [5, 5.41) is 6.74. The molecule has 0 bridgehead atoms. The zero-order valence-corrected chi connectivity index (χ0v) is 15.7. The Labute approximate surface area is 164 Å². The van der Waals surface area contributed by atoms with Crippen molar-refractivity contribution in [3.05, 3.63) is 66.4 Å². The van der Waals surface area contributed by atoms with E-state index < -0.39 is 0 Å². The van der Waals surface area contributed by atoms with Crippen molar-refractivity contribution < 1.29 is 9.59 Å². The van der Waals surface area contributed by atoms with Crippen LogP contribution in [0.25, 0.3) is 22.0 Å². The summed E-state index contributed by atoms with van der Waals surface area (Å²) in [6.07, 6.45) is 6.23. The molecule has 2 N–H and O–H groups in total. The maximum Gasteiger partial charge on any atom is 0.251 e. The second-order valence-electron chi connectivity index (χ2n) is 7.23. The molecule has 0 spiro atoms. The van der Waals surface area contributed by atoms with Crippen LogP contribution >= 0.6 is 0 Å². The molecule has 4 rings (SSSR count). The highest BCUT2D eigenvalue weighted by molar-refractivity contribution is 5.97. The van der Waals surface area contributed by atoms with Crippen molar-refractivity contribution >= 4 is 22.7 Å². The van der Waals surface area contributed by atoms with Crippen LogP contribution in [-0.4, -0.2) is 29.4 Å². The Balaban J connectivity index is 1.37. The molecule has 1 heterocycles. The summed E-state index contributed by atoms with van der Waals surface area (Å²) in [4.78, 5) is 28.7. The van der Waals surface area contributed by atoms with E-state index in [1.807, 2.05) is 42.6 Å². The second kappa shape index (κ2) is 8.21. The summed E-state index contributed by atoms with van der Waals surface area (Å²) in [6.45, 7) is 0.00563. The molecule has 5 nitrogen and oxygen atoms in total. The van der Waals surface area contributed by atoms with Gasteiger partial charge in [0.1, 0.15) is 0 Å². The van der Waals surface area contributed by atoms with Gasteiger partial charge in [0.25, 0.3) is 5.91 Å². The number of amides is 2. The zero-order valence-electron chi connectivity index (χ0n) is 15.7. The fraction of sp³-hybridized carbons (Fsp3) is 0.261. The molecule has 2 amide bonds. The molecule has 5 heteroatoms. The summed E-state index contributed by atoms with van der Waals surface area (Å²) >= 11 is 0. The molecule has 0 saturated heterocycles. The summed E-state index contributed by atoms with van der Waals surface area (Å²) in [5.74, 6) is -0.371. The van der Waals surface area contributed by atoms with Crippen LogP contribution < -0.4 is 10.6 Å². The fourth-order valence-corrected chi connectivity index (χ4v) is 3.65. The molecular weight excluding hydrogens is 350 g/mol. The van der Waals surface area contributed by atoms with E-state index in [0.29, 0.717) is 5.56 Å². The van der Waals surface area contributed by atoms with Crippen LogP contribution in [0, 0.1) is 0 Å². The second-order valence-corrected chi connectivity index (χ2v) is 7.23. The number of hydrogen-bond donors (Lipinski definition) is 2. The number of para-hydroxylation sites is 1. The lowest BCUT2D eigenvalue weighted by Gasteiger charge is -2.12. The van der Waals surface area contributed by atoms with Crippen molar-refractivity contribution in [2.24, 2.45) is 0 Å². The first-order chi connectivity index (χ1) is 13.7. The highest BCUT2D eigenvalue weighted by Gasteiger charge is 2.17. The summed E-state index contributed by atoms with van der Waals surface area (Å²) in [5.41, 5.74) is 3.49. The molecule has 1 aliphatic rings. The zero-order chi connectivity index (χ0) is 19.3. The van der Waals surface area contributed by atoms with Gasteiger partial charge in [0.2, 0.25) is 5.91 Å². The van der Waals surface area contributed by atoms with Crippen molar-refractivity contribution in [3.63, 3.8) is 0 Å². The summed E-state index contributed by atoms with van der Waals surface area (Å²) in [7, 11) is 0. The van der Waals surface area contributed by atoms with Crippen LogP contribution in [0.3, 0.4) is 0 Å². The van der Waals surface area contributed by atoms with Gasteiger partial charge in [0.15, 0.2) is 0 Å². The molecule has 2 aromatic carbocycles. The SMILES string of the molecule is O=C(CNC(=O)c1ccc(-c2cnc3ccccc3c2)cc1)NC1CCCC1. The first kappa shape index (κ1) is 18.2. The number of pyridine rings is 1. The van der Waals surface area contributed by atoms with Gasteiger partial charge in [-0.25, -0.2) is 0 Å². The molecule has 0 unspecified atom stereocenters. The monoisotopic (exact) mass is 373 g/mol. The minimum atomic E-state index is -0.246. The molecule has 1 aromatic heterocycles. The number of fused-ring (bicyclic) bond motifs is 1. The molecule has 1 saturated carbocycles. The summed E-state index contributed by atoms with van der Waals surface area (Å²) < 4.78 is 0. The molecule has 28 heavy (non-hydrogen) atoms. The van der Waals surface area contributed by atoms with E-state index in [1.54, 1.807) is 12.1 Å². The molecule has 3 aromatic rings. The third kappa shape index (κ3) is 4.19. The normalized spacial score (nSPS) is 14.1. The number of hydrogen-bond acceptors (Lipinski definition) is 3. The number of aromatic nitrogens is 1. The third-order valence-corrected chi connectivity index (χ3v) is 5.20. The van der Waals surface area contributed by atoms with E-state index >= 15 is 0 Å². The van der Waals surface area contributed by atoms with E-state index in [2.05, 4.69) is 21.7 Å². The quantitative estimate of drug-likeness (QED) is 0.716. The largest absolute Gasteiger partial charge is 0.352 e. The summed E-state index contributed by atoms with van der Waals surface area (Å²) in [6, 6.07) is 17.7. The Morgan fingerprint density at radius 1 is 0.964 bits per heavy atom. The first-order valence-electron chi connectivity index (χ1n) is 9.72. The Morgan fingerprint density at radius 3 is 2.50 bits per heavy atom. The molecule has 0 aliphatic heterocycles. The minimum Gasteiger partial charge on any atom is -0.352 e. The highest BCUT2D eigenvalue weighted by Crippen LogP contribution is 2.23. The smallest absolute Gasteiger partial charge is 0.251 e. The molecule has 1 fully saturated rings. The van der Waals surface area contributed by atoms with Crippen LogP contribution in [0.2, 0.25) is 0 Å². The Morgan fingerprint density at radius 2 is 1.71 bits per heavy atom. The van der Waals surface area contributed by atoms with Gasteiger partial charge in [0, 0.05) is 28.8 Å². The average molecular weight is 373 g/mol. The number of carbonyl (C=O) groups is 2. The van der Waals surface area contributed by atoms with Crippen molar-refractivity contribution in [2.45, 2.75) is 31.7 Å². The van der Waals surface area contributed by atoms with Gasteiger partial charge in [-0.2, -0.15) is 0 Å². The van der Waals surface area contributed by atoms with Gasteiger partial charge in [-0.1, -0.05) is 43.2 Å². The van der Waals surface area contributed by atoms with Gasteiger partial charge >= 0.3 is 0 Å². The maximum absolute atomic E-state index is 12.3. The molecule has 1 aliphatic carbocycles. The van der Waals surface area contributed by atoms with Crippen molar-refractivity contribution in [2.75, 3.05) is 6.54 Å². The van der Waals surface area contributed by atoms with E-state index in [1.165, 1.54) is 0 Å². The molecular formula is C23H23N3O2. The van der Waals surface area contributed by atoms with Crippen molar-refractivity contribution in [3.8, 4) is 11.1 Å². The Bertz CT molecular complexity index is 992. The topological polar surface area (TPSA) is 71.1 Å². The lowest BCUT2D eigenvalue weighted by atomic mass is 10.0. The van der Waals surface area contributed by atoms with Gasteiger partial charge in [-0.3, -0.25) is 14.6 Å². The number of nitrogens with one attached hydrogen (secondary N) is 2. The van der Waals surface area contributed by atoms with E-state index in [0.717, 1.165) is 47.7 Å². The lowest BCUT2D eigenvalue weighted by molar-refractivity contribution is -0.120. The van der Waals surface area contributed by atoms with Gasteiger partial charge in [0.05, 0.1) is 12.1 Å². The number of rotatable bonds is 5. The third-order valence-electron chi connectivity index (χ3n) is 5.20. The predicted octanol–water partition coefficient (Wildman–Crippen LogP) is 3.69. The van der Waals surface area contributed by atoms with Crippen LogP contribution in [0.5, 0.6) is 0 Å². The van der Waals surface area contributed by atoms with Crippen molar-refractivity contribution in [1.82, 2.24) is 15.6 Å². The minimum absolute atomic E-state index is 0.00563. The Hall–Kier alpha value is -3.21. The molecule has 0 atom stereocenters. The molecule has 142 valence electrons. The maximum atomic E-state index is 12.3. The van der Waals surface area contributed by atoms with Crippen LogP contribution in [0.4, 0.5) is 0 Å². The van der Waals surface area contributed by atoms with E-state index in [9.17, 15) is 9.59 Å². The number of carbonyl (C=O) groups excluding carboxylic acids is 2. The molecule has 0 radical (unpaired) electrons. The highest BCUT2D eigenvalue weighted by atomic mass is 16.2. The van der Waals surface area contributed by atoms with Gasteiger partial charge in [-0.05, 0) is 42.7 Å².